The lowest BCUT2D eigenvalue weighted by Crippen LogP contribution is -2.47. The number of urea groups is 1. The number of benzene rings is 1. The van der Waals surface area contributed by atoms with Crippen molar-refractivity contribution in [2.75, 3.05) is 19.7 Å². The van der Waals surface area contributed by atoms with Crippen LogP contribution in [-0.4, -0.2) is 41.7 Å². The molecule has 2 amide bonds. The van der Waals surface area contributed by atoms with Gasteiger partial charge in [-0.15, -0.1) is 0 Å². The molecule has 0 spiro atoms. The Hall–Kier alpha value is -2.31. The minimum absolute atomic E-state index is 0.202. The first-order valence-electron chi connectivity index (χ1n) is 7.75. The maximum Gasteiger partial charge on any atom is 0.317 e. The highest BCUT2D eigenvalue weighted by molar-refractivity contribution is 5.76. The summed E-state index contributed by atoms with van der Waals surface area (Å²) >= 11 is 0. The van der Waals surface area contributed by atoms with Crippen LogP contribution in [0.5, 0.6) is 5.75 Å². The van der Waals surface area contributed by atoms with Gasteiger partial charge in [-0.3, -0.25) is 4.79 Å². The second-order valence-electron chi connectivity index (χ2n) is 5.90. The molecule has 23 heavy (non-hydrogen) atoms. The van der Waals surface area contributed by atoms with Crippen LogP contribution in [0.2, 0.25) is 0 Å². The third-order valence-electron chi connectivity index (χ3n) is 4.45. The maximum atomic E-state index is 13.8. The first kappa shape index (κ1) is 15.6. The number of fused-ring (bicyclic) bond motifs is 1. The minimum atomic E-state index is -0.807. The molecular formula is C16H19FN2O4. The number of carboxylic acids is 1. The van der Waals surface area contributed by atoms with Crippen LogP contribution in [0.25, 0.3) is 0 Å². The average Bonchev–Trinajstić information content (AvgIpc) is 2.56. The summed E-state index contributed by atoms with van der Waals surface area (Å²) in [5, 5.41) is 11.9. The Kier molecular flexibility index (Phi) is 4.36. The van der Waals surface area contributed by atoms with E-state index in [1.54, 1.807) is 17.0 Å². The predicted molar refractivity (Wildman–Crippen MR) is 79.7 cm³/mol. The number of rotatable bonds is 2. The van der Waals surface area contributed by atoms with Crippen molar-refractivity contribution in [3.8, 4) is 5.75 Å². The van der Waals surface area contributed by atoms with Gasteiger partial charge in [0.05, 0.1) is 18.6 Å². The molecule has 124 valence electrons. The van der Waals surface area contributed by atoms with E-state index in [-0.39, 0.29) is 23.7 Å². The number of nitrogens with zero attached hydrogens (tertiary/aromatic N) is 1. The molecule has 0 radical (unpaired) electrons. The molecule has 1 atom stereocenters. The number of piperidine rings is 1. The SMILES string of the molecule is O=C(O)C1CCN(C(=O)N[C@H]2CCOc3c(F)cccc32)CC1. The number of amides is 2. The monoisotopic (exact) mass is 322 g/mol. The van der Waals surface area contributed by atoms with Crippen molar-refractivity contribution < 1.29 is 23.8 Å². The van der Waals surface area contributed by atoms with Crippen molar-refractivity contribution in [2.24, 2.45) is 5.92 Å². The van der Waals surface area contributed by atoms with Gasteiger partial charge in [-0.1, -0.05) is 12.1 Å². The molecule has 3 rings (SSSR count). The maximum absolute atomic E-state index is 13.8. The number of aliphatic carboxylic acids is 1. The van der Waals surface area contributed by atoms with Crippen molar-refractivity contribution in [1.29, 1.82) is 0 Å². The third-order valence-corrected chi connectivity index (χ3v) is 4.45. The van der Waals surface area contributed by atoms with Gasteiger partial charge in [0.15, 0.2) is 11.6 Å². The van der Waals surface area contributed by atoms with Crippen molar-refractivity contribution in [3.63, 3.8) is 0 Å². The molecule has 1 aromatic carbocycles. The van der Waals surface area contributed by atoms with Crippen LogP contribution in [-0.2, 0) is 4.79 Å². The Balaban J connectivity index is 1.64. The summed E-state index contributed by atoms with van der Waals surface area (Å²) in [6.07, 6.45) is 1.50. The largest absolute Gasteiger partial charge is 0.490 e. The van der Waals surface area contributed by atoms with E-state index >= 15 is 0 Å². The van der Waals surface area contributed by atoms with E-state index in [0.29, 0.717) is 44.5 Å². The van der Waals surface area contributed by atoms with E-state index in [0.717, 1.165) is 0 Å². The molecule has 0 unspecified atom stereocenters. The van der Waals surface area contributed by atoms with Crippen molar-refractivity contribution >= 4 is 12.0 Å². The Labute approximate surface area is 133 Å². The Morgan fingerprint density at radius 3 is 2.70 bits per heavy atom. The van der Waals surface area contributed by atoms with E-state index in [1.165, 1.54) is 6.07 Å². The van der Waals surface area contributed by atoms with E-state index in [2.05, 4.69) is 5.32 Å². The second-order valence-corrected chi connectivity index (χ2v) is 5.90. The van der Waals surface area contributed by atoms with Gasteiger partial charge in [0, 0.05) is 25.1 Å². The number of ether oxygens (including phenoxy) is 1. The average molecular weight is 322 g/mol. The zero-order chi connectivity index (χ0) is 16.4. The van der Waals surface area contributed by atoms with E-state index in [1.807, 2.05) is 0 Å². The number of halogens is 1. The van der Waals surface area contributed by atoms with E-state index in [9.17, 15) is 14.0 Å². The summed E-state index contributed by atoms with van der Waals surface area (Å²) in [4.78, 5) is 24.9. The van der Waals surface area contributed by atoms with Crippen LogP contribution in [0.4, 0.5) is 9.18 Å². The molecule has 1 saturated heterocycles. The number of carboxylic acid groups (broad SMARTS) is 1. The Morgan fingerprint density at radius 2 is 2.00 bits per heavy atom. The summed E-state index contributed by atoms with van der Waals surface area (Å²) in [6, 6.07) is 4.15. The summed E-state index contributed by atoms with van der Waals surface area (Å²) in [7, 11) is 0. The lowest BCUT2D eigenvalue weighted by Gasteiger charge is -2.33. The van der Waals surface area contributed by atoms with Crippen LogP contribution < -0.4 is 10.1 Å². The van der Waals surface area contributed by atoms with Gasteiger partial charge in [0.1, 0.15) is 0 Å². The van der Waals surface area contributed by atoms with Gasteiger partial charge in [0.2, 0.25) is 0 Å². The molecule has 7 heteroatoms. The van der Waals surface area contributed by atoms with Crippen molar-refractivity contribution in [3.05, 3.63) is 29.6 Å². The first-order chi connectivity index (χ1) is 11.1. The molecule has 1 fully saturated rings. The number of nitrogens with one attached hydrogen (secondary N) is 1. The molecule has 2 N–H and O–H groups in total. The fourth-order valence-corrected chi connectivity index (χ4v) is 3.11. The van der Waals surface area contributed by atoms with Gasteiger partial charge in [0.25, 0.3) is 0 Å². The first-order valence-corrected chi connectivity index (χ1v) is 7.75. The number of hydrogen-bond donors (Lipinski definition) is 2. The van der Waals surface area contributed by atoms with Gasteiger partial charge < -0.3 is 20.1 Å². The molecule has 0 aliphatic carbocycles. The van der Waals surface area contributed by atoms with Crippen LogP contribution in [0.15, 0.2) is 18.2 Å². The zero-order valence-electron chi connectivity index (χ0n) is 12.6. The molecule has 0 aromatic heterocycles. The standard InChI is InChI=1S/C16H19FN2O4/c17-12-3-1-2-11-13(6-9-23-14(11)12)18-16(22)19-7-4-10(5-8-19)15(20)21/h1-3,10,13H,4-9H2,(H,18,22)(H,20,21)/t13-/m0/s1. The molecule has 6 nitrogen and oxygen atoms in total. The molecule has 0 saturated carbocycles. The predicted octanol–water partition coefficient (Wildman–Crippen LogP) is 2.16. The molecule has 2 aliphatic heterocycles. The van der Waals surface area contributed by atoms with Gasteiger partial charge in [-0.05, 0) is 18.9 Å². The van der Waals surface area contributed by atoms with Crippen LogP contribution in [0.1, 0.15) is 30.9 Å². The summed E-state index contributed by atoms with van der Waals surface area (Å²) in [5.74, 6) is -1.41. The Morgan fingerprint density at radius 1 is 1.26 bits per heavy atom. The molecule has 2 aliphatic rings. The summed E-state index contributed by atoms with van der Waals surface area (Å²) in [5.41, 5.74) is 0.644. The highest BCUT2D eigenvalue weighted by atomic mass is 19.1. The minimum Gasteiger partial charge on any atom is -0.490 e. The number of hydrogen-bond acceptors (Lipinski definition) is 3. The highest BCUT2D eigenvalue weighted by Gasteiger charge is 2.30. The second kappa shape index (κ2) is 6.44. The normalized spacial score (nSPS) is 21.3. The molecule has 1 aromatic rings. The Bertz CT molecular complexity index is 614. The fourth-order valence-electron chi connectivity index (χ4n) is 3.11. The third kappa shape index (κ3) is 3.23. The lowest BCUT2D eigenvalue weighted by molar-refractivity contribution is -0.143. The molecule has 2 heterocycles. The van der Waals surface area contributed by atoms with Crippen molar-refractivity contribution in [2.45, 2.75) is 25.3 Å². The fraction of sp³-hybridized carbons (Fsp3) is 0.500. The highest BCUT2D eigenvalue weighted by Crippen LogP contribution is 2.34. The summed E-state index contributed by atoms with van der Waals surface area (Å²) in [6.45, 7) is 1.18. The van der Waals surface area contributed by atoms with Gasteiger partial charge in [-0.2, -0.15) is 0 Å². The number of carbonyl (C=O) groups is 2. The van der Waals surface area contributed by atoms with E-state index < -0.39 is 11.8 Å². The molecule has 0 bridgehead atoms. The van der Waals surface area contributed by atoms with E-state index in [4.69, 9.17) is 9.84 Å². The zero-order valence-corrected chi connectivity index (χ0v) is 12.6. The number of carbonyl (C=O) groups excluding carboxylic acids is 1. The number of likely N-dealkylation sites (tertiary alicyclic amines) is 1. The lowest BCUT2D eigenvalue weighted by atomic mass is 9.97. The van der Waals surface area contributed by atoms with Crippen LogP contribution in [0, 0.1) is 11.7 Å². The topological polar surface area (TPSA) is 78.9 Å². The number of para-hydroxylation sites is 1. The summed E-state index contributed by atoms with van der Waals surface area (Å²) < 4.78 is 19.1. The van der Waals surface area contributed by atoms with Gasteiger partial charge >= 0.3 is 12.0 Å². The van der Waals surface area contributed by atoms with Crippen molar-refractivity contribution in [1.82, 2.24) is 10.2 Å². The van der Waals surface area contributed by atoms with Gasteiger partial charge in [-0.25, -0.2) is 9.18 Å². The van der Waals surface area contributed by atoms with Crippen LogP contribution in [0.3, 0.4) is 0 Å². The smallest absolute Gasteiger partial charge is 0.317 e. The van der Waals surface area contributed by atoms with Crippen LogP contribution >= 0.6 is 0 Å². The molecular weight excluding hydrogens is 303 g/mol. The quantitative estimate of drug-likeness (QED) is 0.874.